The van der Waals surface area contributed by atoms with Crippen molar-refractivity contribution in [3.8, 4) is 5.75 Å². The van der Waals surface area contributed by atoms with Gasteiger partial charge in [0.15, 0.2) is 0 Å². The van der Waals surface area contributed by atoms with Crippen molar-refractivity contribution in [2.45, 2.75) is 25.8 Å². The van der Waals surface area contributed by atoms with Crippen molar-refractivity contribution in [3.63, 3.8) is 0 Å². The minimum Gasteiger partial charge on any atom is -0.493 e. The molecule has 1 aromatic rings. The lowest BCUT2D eigenvalue weighted by atomic mass is 9.95. The number of hydrogen-bond donors (Lipinski definition) is 2. The number of para-hydroxylation sites is 1. The highest BCUT2D eigenvalue weighted by Gasteiger charge is 2.18. The molecule has 0 aromatic heterocycles. The molecule has 0 radical (unpaired) electrons. The summed E-state index contributed by atoms with van der Waals surface area (Å²) in [5, 5.41) is 3.09. The SMILES string of the molecule is CNCCCOc1ccccc1C(C)(C)N. The summed E-state index contributed by atoms with van der Waals surface area (Å²) < 4.78 is 5.75. The lowest BCUT2D eigenvalue weighted by Crippen LogP contribution is -2.29. The van der Waals surface area contributed by atoms with Crippen LogP contribution in [0.5, 0.6) is 5.75 Å². The summed E-state index contributed by atoms with van der Waals surface area (Å²) in [4.78, 5) is 0. The molecule has 0 unspecified atom stereocenters. The maximum atomic E-state index is 6.10. The Morgan fingerprint density at radius 2 is 2.00 bits per heavy atom. The largest absolute Gasteiger partial charge is 0.493 e. The van der Waals surface area contributed by atoms with Crippen LogP contribution >= 0.6 is 0 Å². The highest BCUT2D eigenvalue weighted by molar-refractivity contribution is 5.37. The first-order valence-corrected chi connectivity index (χ1v) is 5.71. The molecule has 0 aliphatic heterocycles. The van der Waals surface area contributed by atoms with Crippen LogP contribution in [-0.4, -0.2) is 20.2 Å². The zero-order chi connectivity index (χ0) is 12.0. The Kier molecular flexibility index (Phi) is 4.77. The van der Waals surface area contributed by atoms with Gasteiger partial charge in [0, 0.05) is 11.1 Å². The number of rotatable bonds is 6. The van der Waals surface area contributed by atoms with Crippen molar-refractivity contribution in [1.29, 1.82) is 0 Å². The molecule has 0 aliphatic carbocycles. The van der Waals surface area contributed by atoms with Crippen LogP contribution in [0.15, 0.2) is 24.3 Å². The average molecular weight is 222 g/mol. The molecule has 0 saturated heterocycles. The first-order valence-electron chi connectivity index (χ1n) is 5.71. The molecule has 0 spiro atoms. The van der Waals surface area contributed by atoms with Crippen molar-refractivity contribution in [3.05, 3.63) is 29.8 Å². The zero-order valence-corrected chi connectivity index (χ0v) is 10.4. The molecule has 3 nitrogen and oxygen atoms in total. The lowest BCUT2D eigenvalue weighted by molar-refractivity contribution is 0.300. The third-order valence-electron chi connectivity index (χ3n) is 2.41. The number of nitrogens with two attached hydrogens (primary N) is 1. The molecule has 3 heteroatoms. The van der Waals surface area contributed by atoms with Gasteiger partial charge in [0.1, 0.15) is 5.75 Å². The fraction of sp³-hybridized carbons (Fsp3) is 0.538. The number of ether oxygens (including phenoxy) is 1. The standard InChI is InChI=1S/C13H22N2O/c1-13(2,14)11-7-4-5-8-12(11)16-10-6-9-15-3/h4-5,7-8,15H,6,9-10,14H2,1-3H3. The Bertz CT molecular complexity index is 318. The maximum absolute atomic E-state index is 6.10. The smallest absolute Gasteiger partial charge is 0.124 e. The summed E-state index contributed by atoms with van der Waals surface area (Å²) in [6.45, 7) is 5.66. The fourth-order valence-electron chi connectivity index (χ4n) is 1.56. The Morgan fingerprint density at radius 1 is 1.31 bits per heavy atom. The van der Waals surface area contributed by atoms with Crippen LogP contribution in [0, 0.1) is 0 Å². The molecule has 0 heterocycles. The first-order chi connectivity index (χ1) is 7.55. The van der Waals surface area contributed by atoms with E-state index in [0.29, 0.717) is 6.61 Å². The Labute approximate surface area is 98.0 Å². The molecule has 0 atom stereocenters. The van der Waals surface area contributed by atoms with Crippen molar-refractivity contribution in [2.75, 3.05) is 20.2 Å². The molecule has 0 aliphatic rings. The second-order valence-electron chi connectivity index (χ2n) is 4.52. The zero-order valence-electron chi connectivity index (χ0n) is 10.4. The van der Waals surface area contributed by atoms with Gasteiger partial charge in [0.05, 0.1) is 6.61 Å². The van der Waals surface area contributed by atoms with E-state index in [4.69, 9.17) is 10.5 Å². The second-order valence-corrected chi connectivity index (χ2v) is 4.52. The van der Waals surface area contributed by atoms with Crippen molar-refractivity contribution < 1.29 is 4.74 Å². The van der Waals surface area contributed by atoms with Crippen LogP contribution in [0.25, 0.3) is 0 Å². The highest BCUT2D eigenvalue weighted by Crippen LogP contribution is 2.27. The number of benzene rings is 1. The van der Waals surface area contributed by atoms with Crippen molar-refractivity contribution in [2.24, 2.45) is 5.73 Å². The van der Waals surface area contributed by atoms with Gasteiger partial charge < -0.3 is 15.8 Å². The van der Waals surface area contributed by atoms with E-state index in [-0.39, 0.29) is 5.54 Å². The normalized spacial score (nSPS) is 11.5. The molecule has 0 bridgehead atoms. The van der Waals surface area contributed by atoms with E-state index >= 15 is 0 Å². The summed E-state index contributed by atoms with van der Waals surface area (Å²) in [5.41, 5.74) is 6.79. The summed E-state index contributed by atoms with van der Waals surface area (Å²) in [7, 11) is 1.94. The Hall–Kier alpha value is -1.06. The molecule has 0 saturated carbocycles. The van der Waals surface area contributed by atoms with Gasteiger partial charge in [-0.3, -0.25) is 0 Å². The molecule has 90 valence electrons. The quantitative estimate of drug-likeness (QED) is 0.722. The van der Waals surface area contributed by atoms with Gasteiger partial charge in [-0.1, -0.05) is 18.2 Å². The fourth-order valence-corrected chi connectivity index (χ4v) is 1.56. The van der Waals surface area contributed by atoms with Crippen LogP contribution in [0.3, 0.4) is 0 Å². The Morgan fingerprint density at radius 3 is 2.62 bits per heavy atom. The van der Waals surface area contributed by atoms with Crippen LogP contribution in [-0.2, 0) is 5.54 Å². The van der Waals surface area contributed by atoms with Gasteiger partial charge in [0.25, 0.3) is 0 Å². The minimum absolute atomic E-state index is 0.362. The number of nitrogens with one attached hydrogen (secondary N) is 1. The molecule has 0 amide bonds. The third-order valence-corrected chi connectivity index (χ3v) is 2.41. The van der Waals surface area contributed by atoms with E-state index in [0.717, 1.165) is 24.3 Å². The summed E-state index contributed by atoms with van der Waals surface area (Å²) in [6.07, 6.45) is 0.996. The van der Waals surface area contributed by atoms with Gasteiger partial charge in [0.2, 0.25) is 0 Å². The van der Waals surface area contributed by atoms with Gasteiger partial charge >= 0.3 is 0 Å². The van der Waals surface area contributed by atoms with Gasteiger partial charge in [-0.2, -0.15) is 0 Å². The predicted molar refractivity (Wildman–Crippen MR) is 67.7 cm³/mol. The number of hydrogen-bond acceptors (Lipinski definition) is 3. The van der Waals surface area contributed by atoms with E-state index in [9.17, 15) is 0 Å². The van der Waals surface area contributed by atoms with Crippen molar-refractivity contribution >= 4 is 0 Å². The third kappa shape index (κ3) is 3.83. The second kappa shape index (κ2) is 5.87. The topological polar surface area (TPSA) is 47.3 Å². The van der Waals surface area contributed by atoms with Gasteiger partial charge in [-0.25, -0.2) is 0 Å². The lowest BCUT2D eigenvalue weighted by Gasteiger charge is -2.22. The minimum atomic E-state index is -0.362. The van der Waals surface area contributed by atoms with E-state index in [1.54, 1.807) is 0 Å². The van der Waals surface area contributed by atoms with Gasteiger partial charge in [-0.15, -0.1) is 0 Å². The predicted octanol–water partition coefficient (Wildman–Crippen LogP) is 1.87. The van der Waals surface area contributed by atoms with E-state index in [2.05, 4.69) is 5.32 Å². The molecular weight excluding hydrogens is 200 g/mol. The van der Waals surface area contributed by atoms with E-state index in [1.807, 2.05) is 45.2 Å². The molecule has 3 N–H and O–H groups in total. The van der Waals surface area contributed by atoms with Crippen LogP contribution in [0.2, 0.25) is 0 Å². The first kappa shape index (κ1) is 13.0. The molecular formula is C13H22N2O. The maximum Gasteiger partial charge on any atom is 0.124 e. The summed E-state index contributed by atoms with van der Waals surface area (Å²) in [6, 6.07) is 7.96. The van der Waals surface area contributed by atoms with E-state index < -0.39 is 0 Å². The Balaban J connectivity index is 2.65. The molecule has 16 heavy (non-hydrogen) atoms. The monoisotopic (exact) mass is 222 g/mol. The van der Waals surface area contributed by atoms with Crippen LogP contribution < -0.4 is 15.8 Å². The molecule has 1 aromatic carbocycles. The van der Waals surface area contributed by atoms with Crippen molar-refractivity contribution in [1.82, 2.24) is 5.32 Å². The molecule has 1 rings (SSSR count). The highest BCUT2D eigenvalue weighted by atomic mass is 16.5. The summed E-state index contributed by atoms with van der Waals surface area (Å²) >= 11 is 0. The molecule has 0 fully saturated rings. The van der Waals surface area contributed by atoms with Crippen LogP contribution in [0.4, 0.5) is 0 Å². The average Bonchev–Trinajstić information content (AvgIpc) is 2.24. The summed E-state index contributed by atoms with van der Waals surface area (Å²) in [5.74, 6) is 0.895. The van der Waals surface area contributed by atoms with E-state index in [1.165, 1.54) is 0 Å². The van der Waals surface area contributed by atoms with Crippen LogP contribution in [0.1, 0.15) is 25.8 Å². The van der Waals surface area contributed by atoms with Gasteiger partial charge in [-0.05, 0) is 39.9 Å².